The lowest BCUT2D eigenvalue weighted by Gasteiger charge is -2.20. The van der Waals surface area contributed by atoms with Crippen LogP contribution in [0.25, 0.3) is 0 Å². The highest BCUT2D eigenvalue weighted by atomic mass is 16.3. The van der Waals surface area contributed by atoms with Gasteiger partial charge in [0, 0.05) is 19.1 Å². The molecular weight excluding hydrogens is 164 g/mol. The van der Waals surface area contributed by atoms with Crippen molar-refractivity contribution in [3.8, 4) is 0 Å². The zero-order valence-corrected chi connectivity index (χ0v) is 8.34. The van der Waals surface area contributed by atoms with Crippen LogP contribution in [0.1, 0.15) is 19.8 Å². The predicted octanol–water partition coefficient (Wildman–Crippen LogP) is -0.0436. The molecule has 0 amide bonds. The zero-order valence-electron chi connectivity index (χ0n) is 8.34. The third-order valence-corrected chi connectivity index (χ3v) is 3.61. The lowest BCUT2D eigenvalue weighted by Crippen LogP contribution is -2.36. The molecule has 1 saturated heterocycles. The molecule has 0 aromatic rings. The molecule has 0 aromatic carbocycles. The van der Waals surface area contributed by atoms with Crippen LogP contribution in [-0.4, -0.2) is 37.4 Å². The van der Waals surface area contributed by atoms with Crippen molar-refractivity contribution in [1.29, 1.82) is 0 Å². The molecule has 2 atom stereocenters. The van der Waals surface area contributed by atoms with Crippen molar-refractivity contribution in [3.63, 3.8) is 0 Å². The molecule has 2 unspecified atom stereocenters. The summed E-state index contributed by atoms with van der Waals surface area (Å²) in [6, 6.07) is 0.247. The van der Waals surface area contributed by atoms with E-state index < -0.39 is 0 Å². The fraction of sp³-hybridized carbons (Fsp3) is 1.00. The zero-order chi connectivity index (χ0) is 9.31. The Morgan fingerprint density at radius 1 is 1.62 bits per heavy atom. The molecule has 3 N–H and O–H groups in total. The lowest BCUT2D eigenvalue weighted by molar-refractivity contribution is 0.240. The summed E-state index contributed by atoms with van der Waals surface area (Å²) in [5.74, 6) is 0.793. The Morgan fingerprint density at radius 3 is 3.00 bits per heavy atom. The largest absolute Gasteiger partial charge is 0.395 e. The smallest absolute Gasteiger partial charge is 0.0581 e. The van der Waals surface area contributed by atoms with E-state index in [1.165, 1.54) is 19.4 Å². The van der Waals surface area contributed by atoms with Gasteiger partial charge in [-0.2, -0.15) is 0 Å². The van der Waals surface area contributed by atoms with Crippen LogP contribution in [0.2, 0.25) is 0 Å². The molecule has 0 aromatic heterocycles. The molecule has 2 aliphatic rings. The van der Waals surface area contributed by atoms with Gasteiger partial charge >= 0.3 is 0 Å². The third-order valence-electron chi connectivity index (χ3n) is 3.61. The topological polar surface area (TPSA) is 44.3 Å². The Morgan fingerprint density at radius 2 is 2.38 bits per heavy atom. The van der Waals surface area contributed by atoms with Gasteiger partial charge in [-0.15, -0.1) is 0 Å². The van der Waals surface area contributed by atoms with E-state index in [2.05, 4.69) is 10.6 Å². The molecular formula is C10H20N2O. The van der Waals surface area contributed by atoms with E-state index in [-0.39, 0.29) is 12.6 Å². The first-order chi connectivity index (χ1) is 6.27. The number of hydrogen-bond acceptors (Lipinski definition) is 3. The van der Waals surface area contributed by atoms with Gasteiger partial charge in [-0.25, -0.2) is 0 Å². The molecule has 1 heterocycles. The standard InChI is InChI=1S/C10H20N2O/c1-8(6-13)12-5-9-4-11-7-10(9)2-3-10/h8-9,11-13H,2-7H2,1H3. The van der Waals surface area contributed by atoms with E-state index in [1.54, 1.807) is 0 Å². The fourth-order valence-corrected chi connectivity index (χ4v) is 2.30. The van der Waals surface area contributed by atoms with Crippen LogP contribution in [0.4, 0.5) is 0 Å². The fourth-order valence-electron chi connectivity index (χ4n) is 2.30. The minimum absolute atomic E-state index is 0.243. The Labute approximate surface area is 79.9 Å². The monoisotopic (exact) mass is 184 g/mol. The summed E-state index contributed by atoms with van der Waals surface area (Å²) in [4.78, 5) is 0. The summed E-state index contributed by atoms with van der Waals surface area (Å²) in [6.45, 7) is 5.71. The van der Waals surface area contributed by atoms with Crippen LogP contribution in [0, 0.1) is 11.3 Å². The second kappa shape index (κ2) is 3.56. The third kappa shape index (κ3) is 1.87. The molecule has 1 aliphatic heterocycles. The molecule has 0 radical (unpaired) electrons. The molecule has 76 valence electrons. The van der Waals surface area contributed by atoms with Crippen LogP contribution in [-0.2, 0) is 0 Å². The van der Waals surface area contributed by atoms with Gasteiger partial charge in [-0.1, -0.05) is 0 Å². The van der Waals surface area contributed by atoms with E-state index in [0.717, 1.165) is 19.0 Å². The molecule has 3 heteroatoms. The first-order valence-corrected chi connectivity index (χ1v) is 5.32. The van der Waals surface area contributed by atoms with Crippen LogP contribution >= 0.6 is 0 Å². The minimum atomic E-state index is 0.243. The maximum Gasteiger partial charge on any atom is 0.0581 e. The Bertz CT molecular complexity index is 180. The van der Waals surface area contributed by atoms with E-state index >= 15 is 0 Å². The van der Waals surface area contributed by atoms with Gasteiger partial charge in [0.25, 0.3) is 0 Å². The number of hydrogen-bond donors (Lipinski definition) is 3. The van der Waals surface area contributed by atoms with Gasteiger partial charge in [0.15, 0.2) is 0 Å². The summed E-state index contributed by atoms with van der Waals surface area (Å²) < 4.78 is 0. The number of aliphatic hydroxyl groups excluding tert-OH is 1. The maximum absolute atomic E-state index is 8.88. The molecule has 2 fully saturated rings. The van der Waals surface area contributed by atoms with Crippen molar-refractivity contribution in [1.82, 2.24) is 10.6 Å². The van der Waals surface area contributed by atoms with Crippen LogP contribution in [0.3, 0.4) is 0 Å². The quantitative estimate of drug-likeness (QED) is 0.574. The molecule has 3 nitrogen and oxygen atoms in total. The maximum atomic E-state index is 8.88. The molecule has 1 saturated carbocycles. The number of rotatable bonds is 4. The van der Waals surface area contributed by atoms with Gasteiger partial charge in [0.05, 0.1) is 6.61 Å². The Balaban J connectivity index is 1.75. The minimum Gasteiger partial charge on any atom is -0.395 e. The van der Waals surface area contributed by atoms with Crippen molar-refractivity contribution in [2.75, 3.05) is 26.2 Å². The SMILES string of the molecule is CC(CO)NCC1CNCC12CC2. The first-order valence-electron chi connectivity index (χ1n) is 5.32. The van der Waals surface area contributed by atoms with Crippen LogP contribution < -0.4 is 10.6 Å². The van der Waals surface area contributed by atoms with Crippen molar-refractivity contribution in [2.45, 2.75) is 25.8 Å². The highest BCUT2D eigenvalue weighted by Crippen LogP contribution is 2.53. The second-order valence-electron chi connectivity index (χ2n) is 4.68. The molecule has 13 heavy (non-hydrogen) atoms. The van der Waals surface area contributed by atoms with Crippen molar-refractivity contribution in [3.05, 3.63) is 0 Å². The average Bonchev–Trinajstić information content (AvgIpc) is 2.78. The van der Waals surface area contributed by atoms with Gasteiger partial charge in [0.2, 0.25) is 0 Å². The van der Waals surface area contributed by atoms with Crippen LogP contribution in [0.5, 0.6) is 0 Å². The average molecular weight is 184 g/mol. The lowest BCUT2D eigenvalue weighted by atomic mass is 9.93. The highest BCUT2D eigenvalue weighted by molar-refractivity contribution is 5.05. The summed E-state index contributed by atoms with van der Waals surface area (Å²) >= 11 is 0. The van der Waals surface area contributed by atoms with E-state index in [1.807, 2.05) is 6.92 Å². The Hall–Kier alpha value is -0.120. The van der Waals surface area contributed by atoms with Gasteiger partial charge < -0.3 is 15.7 Å². The highest BCUT2D eigenvalue weighted by Gasteiger charge is 2.51. The van der Waals surface area contributed by atoms with Crippen molar-refractivity contribution in [2.24, 2.45) is 11.3 Å². The van der Waals surface area contributed by atoms with Crippen molar-refractivity contribution < 1.29 is 5.11 Å². The number of nitrogens with one attached hydrogen (secondary N) is 2. The van der Waals surface area contributed by atoms with Crippen molar-refractivity contribution >= 4 is 0 Å². The van der Waals surface area contributed by atoms with Gasteiger partial charge in [-0.05, 0) is 37.6 Å². The number of aliphatic hydroxyl groups is 1. The second-order valence-corrected chi connectivity index (χ2v) is 4.68. The van der Waals surface area contributed by atoms with E-state index in [0.29, 0.717) is 5.41 Å². The first kappa shape index (κ1) is 9.44. The van der Waals surface area contributed by atoms with E-state index in [4.69, 9.17) is 5.11 Å². The Kier molecular flexibility index (Phi) is 2.58. The van der Waals surface area contributed by atoms with Gasteiger partial charge in [0.1, 0.15) is 0 Å². The van der Waals surface area contributed by atoms with E-state index in [9.17, 15) is 0 Å². The summed E-state index contributed by atoms with van der Waals surface area (Å²) in [5, 5.41) is 15.7. The summed E-state index contributed by atoms with van der Waals surface area (Å²) in [6.07, 6.45) is 2.81. The predicted molar refractivity (Wildman–Crippen MR) is 52.6 cm³/mol. The molecule has 1 spiro atoms. The summed E-state index contributed by atoms with van der Waals surface area (Å²) in [5.41, 5.74) is 0.641. The van der Waals surface area contributed by atoms with Crippen LogP contribution in [0.15, 0.2) is 0 Å². The molecule has 2 rings (SSSR count). The van der Waals surface area contributed by atoms with Gasteiger partial charge in [-0.3, -0.25) is 0 Å². The normalized spacial score (nSPS) is 32.3. The summed E-state index contributed by atoms with van der Waals surface area (Å²) in [7, 11) is 0. The molecule has 1 aliphatic carbocycles. The molecule has 0 bridgehead atoms.